The van der Waals surface area contributed by atoms with Crippen molar-refractivity contribution in [1.82, 2.24) is 10.6 Å². The second kappa shape index (κ2) is 8.97. The summed E-state index contributed by atoms with van der Waals surface area (Å²) in [6, 6.07) is -0.0339. The maximum Gasteiger partial charge on any atom is 0.698 e. The molecular weight excluding hydrogens is 259 g/mol. The van der Waals surface area contributed by atoms with Crippen LogP contribution in [-0.4, -0.2) is 37.1 Å². The van der Waals surface area contributed by atoms with Crippen molar-refractivity contribution in [2.75, 3.05) is 13.2 Å². The molecule has 2 amide bonds. The summed E-state index contributed by atoms with van der Waals surface area (Å²) < 4.78 is 20.5. The highest BCUT2D eigenvalue weighted by molar-refractivity contribution is 7.33. The van der Waals surface area contributed by atoms with Gasteiger partial charge in [-0.3, -0.25) is 9.59 Å². The molecule has 8 heteroatoms. The molecular formula is C10H20N2O5P+. The molecule has 0 saturated heterocycles. The van der Waals surface area contributed by atoms with Gasteiger partial charge in [0, 0.05) is 16.6 Å². The molecule has 0 heterocycles. The average molecular weight is 279 g/mol. The van der Waals surface area contributed by atoms with Crippen molar-refractivity contribution in [3.8, 4) is 0 Å². The Bertz CT molecular complexity index is 279. The molecule has 0 aromatic heterocycles. The van der Waals surface area contributed by atoms with E-state index in [0.29, 0.717) is 0 Å². The fourth-order valence-corrected chi connectivity index (χ4v) is 1.51. The summed E-state index contributed by atoms with van der Waals surface area (Å²) in [5, 5.41) is 5.12. The van der Waals surface area contributed by atoms with E-state index in [4.69, 9.17) is 0 Å². The van der Waals surface area contributed by atoms with Crippen molar-refractivity contribution in [2.24, 2.45) is 0 Å². The summed E-state index contributed by atoms with van der Waals surface area (Å²) in [5.74, 6) is -0.771. The molecule has 0 bridgehead atoms. The normalized spacial score (nSPS) is 10.6. The summed E-state index contributed by atoms with van der Waals surface area (Å²) in [6.45, 7) is 6.46. The zero-order valence-corrected chi connectivity index (χ0v) is 12.0. The minimum absolute atomic E-state index is 0.0169. The van der Waals surface area contributed by atoms with E-state index in [-0.39, 0.29) is 37.1 Å². The minimum Gasteiger partial charge on any atom is -0.352 e. The van der Waals surface area contributed by atoms with E-state index in [2.05, 4.69) is 19.7 Å². The van der Waals surface area contributed by atoms with Crippen LogP contribution in [0.25, 0.3) is 0 Å². The van der Waals surface area contributed by atoms with Gasteiger partial charge in [-0.2, -0.15) is 0 Å². The predicted molar refractivity (Wildman–Crippen MR) is 66.1 cm³/mol. The fourth-order valence-electron chi connectivity index (χ4n) is 0.987. The van der Waals surface area contributed by atoms with Crippen LogP contribution in [0.1, 0.15) is 27.7 Å². The molecule has 18 heavy (non-hydrogen) atoms. The van der Waals surface area contributed by atoms with Gasteiger partial charge < -0.3 is 10.6 Å². The Morgan fingerprint density at radius 3 is 1.56 bits per heavy atom. The maximum atomic E-state index is 11.2. The molecule has 7 nitrogen and oxygen atoms in total. The second-order valence-corrected chi connectivity index (χ2v) is 5.18. The summed E-state index contributed by atoms with van der Waals surface area (Å²) in [4.78, 5) is 22.3. The van der Waals surface area contributed by atoms with Crippen LogP contribution in [0.5, 0.6) is 0 Å². The molecule has 0 aliphatic carbocycles. The summed E-state index contributed by atoms with van der Waals surface area (Å²) in [5.41, 5.74) is 0. The lowest BCUT2D eigenvalue weighted by atomic mass is 10.4. The molecule has 2 N–H and O–H groups in total. The SMILES string of the molecule is CC(C)NC(=O)CO[P+](=O)OCC(=O)NC(C)C. The first kappa shape index (κ1) is 17.0. The van der Waals surface area contributed by atoms with Crippen molar-refractivity contribution in [1.29, 1.82) is 0 Å². The Kier molecular flexibility index (Phi) is 8.45. The van der Waals surface area contributed by atoms with Gasteiger partial charge in [-0.1, -0.05) is 0 Å². The summed E-state index contributed by atoms with van der Waals surface area (Å²) in [7, 11) is -2.47. The van der Waals surface area contributed by atoms with E-state index in [1.165, 1.54) is 0 Å². The molecule has 0 fully saturated rings. The fraction of sp³-hybridized carbons (Fsp3) is 0.800. The second-order valence-electron chi connectivity index (χ2n) is 4.21. The molecule has 0 aliphatic rings. The lowest BCUT2D eigenvalue weighted by Crippen LogP contribution is -2.33. The lowest BCUT2D eigenvalue weighted by Gasteiger charge is -2.05. The number of hydrogen-bond donors (Lipinski definition) is 2. The highest BCUT2D eigenvalue weighted by Crippen LogP contribution is 2.22. The number of nitrogens with one attached hydrogen (secondary N) is 2. The number of carbonyl (C=O) groups is 2. The third kappa shape index (κ3) is 10.1. The highest BCUT2D eigenvalue weighted by Gasteiger charge is 2.24. The molecule has 104 valence electrons. The average Bonchev–Trinajstić information content (AvgIpc) is 2.21. The van der Waals surface area contributed by atoms with Crippen LogP contribution in [-0.2, 0) is 23.2 Å². The Hall–Kier alpha value is -1.04. The standard InChI is InChI=1S/C10H19N2O5P/c1-7(2)11-9(13)5-16-18(15)17-6-10(14)12-8(3)4/h7-8H,5-6H2,1-4H3,(H-,11,12,13,14)/p+1. The molecule has 0 spiro atoms. The van der Waals surface area contributed by atoms with Crippen LogP contribution in [0, 0.1) is 0 Å². The van der Waals surface area contributed by atoms with Gasteiger partial charge in [0.25, 0.3) is 11.8 Å². The van der Waals surface area contributed by atoms with Gasteiger partial charge in [-0.05, 0) is 27.7 Å². The van der Waals surface area contributed by atoms with Crippen LogP contribution in [0.4, 0.5) is 0 Å². The Morgan fingerprint density at radius 1 is 0.944 bits per heavy atom. The van der Waals surface area contributed by atoms with Gasteiger partial charge >= 0.3 is 8.25 Å². The minimum atomic E-state index is -2.47. The first-order chi connectivity index (χ1) is 8.31. The van der Waals surface area contributed by atoms with Gasteiger partial charge in [0.2, 0.25) is 0 Å². The van der Waals surface area contributed by atoms with Crippen LogP contribution in [0.3, 0.4) is 0 Å². The zero-order valence-electron chi connectivity index (χ0n) is 11.1. The molecule has 0 unspecified atom stereocenters. The van der Waals surface area contributed by atoms with Gasteiger partial charge in [-0.25, -0.2) is 0 Å². The van der Waals surface area contributed by atoms with Gasteiger partial charge in [0.1, 0.15) is 0 Å². The molecule has 0 atom stereocenters. The number of carbonyl (C=O) groups excluding carboxylic acids is 2. The molecule has 0 rings (SSSR count). The predicted octanol–water partition coefficient (Wildman–Crippen LogP) is 0.726. The molecule has 0 aromatic carbocycles. The topological polar surface area (TPSA) is 93.7 Å². The first-order valence-corrected chi connectivity index (χ1v) is 6.72. The van der Waals surface area contributed by atoms with Crippen molar-refractivity contribution < 1.29 is 23.2 Å². The van der Waals surface area contributed by atoms with E-state index in [0.717, 1.165) is 0 Å². The lowest BCUT2D eigenvalue weighted by molar-refractivity contribution is -0.124. The zero-order chi connectivity index (χ0) is 14.1. The monoisotopic (exact) mass is 279 g/mol. The van der Waals surface area contributed by atoms with E-state index in [1.807, 2.05) is 0 Å². The Balaban J connectivity index is 3.72. The van der Waals surface area contributed by atoms with Crippen LogP contribution in [0.15, 0.2) is 0 Å². The van der Waals surface area contributed by atoms with Crippen LogP contribution < -0.4 is 10.6 Å². The van der Waals surface area contributed by atoms with E-state index >= 15 is 0 Å². The summed E-state index contributed by atoms with van der Waals surface area (Å²) in [6.07, 6.45) is 0. The van der Waals surface area contributed by atoms with Crippen molar-refractivity contribution in [3.05, 3.63) is 0 Å². The van der Waals surface area contributed by atoms with Gasteiger partial charge in [-0.15, -0.1) is 9.05 Å². The number of hydrogen-bond acceptors (Lipinski definition) is 5. The van der Waals surface area contributed by atoms with Gasteiger partial charge in [0.05, 0.1) is 0 Å². The third-order valence-corrected chi connectivity index (χ3v) is 2.18. The van der Waals surface area contributed by atoms with Crippen LogP contribution >= 0.6 is 8.25 Å². The van der Waals surface area contributed by atoms with Crippen molar-refractivity contribution in [2.45, 2.75) is 39.8 Å². The first-order valence-electron chi connectivity index (χ1n) is 5.63. The maximum absolute atomic E-state index is 11.2. The molecule has 0 aliphatic heterocycles. The largest absolute Gasteiger partial charge is 0.698 e. The third-order valence-electron chi connectivity index (χ3n) is 1.50. The number of rotatable bonds is 8. The van der Waals surface area contributed by atoms with E-state index in [1.54, 1.807) is 27.7 Å². The highest BCUT2D eigenvalue weighted by atomic mass is 31.1. The smallest absolute Gasteiger partial charge is 0.352 e. The van der Waals surface area contributed by atoms with E-state index < -0.39 is 8.25 Å². The molecule has 0 radical (unpaired) electrons. The summed E-state index contributed by atoms with van der Waals surface area (Å²) >= 11 is 0. The van der Waals surface area contributed by atoms with Crippen molar-refractivity contribution in [3.63, 3.8) is 0 Å². The Morgan fingerprint density at radius 2 is 1.28 bits per heavy atom. The molecule has 0 aromatic rings. The number of amides is 2. The van der Waals surface area contributed by atoms with Gasteiger partial charge in [0.15, 0.2) is 13.2 Å². The van der Waals surface area contributed by atoms with E-state index in [9.17, 15) is 14.2 Å². The van der Waals surface area contributed by atoms with Crippen LogP contribution in [0.2, 0.25) is 0 Å². The quantitative estimate of drug-likeness (QED) is 0.639. The Labute approximate surface area is 108 Å². The molecule has 0 saturated carbocycles. The van der Waals surface area contributed by atoms with Crippen molar-refractivity contribution >= 4 is 20.1 Å².